The number of carbonyl (C=O) groups excluding carboxylic acids is 1. The van der Waals surface area contributed by atoms with E-state index in [-0.39, 0.29) is 0 Å². The lowest BCUT2D eigenvalue weighted by molar-refractivity contribution is 0.210. The molecule has 0 spiro atoms. The Morgan fingerprint density at radius 1 is 0.909 bits per heavy atom. The number of para-hydroxylation sites is 1. The van der Waals surface area contributed by atoms with Gasteiger partial charge in [0.15, 0.2) is 0 Å². The number of nitrogens with two attached hydrogens (primary N) is 1. The van der Waals surface area contributed by atoms with Crippen molar-refractivity contribution in [2.24, 2.45) is 5.73 Å². The van der Waals surface area contributed by atoms with Crippen molar-refractivity contribution >= 4 is 6.09 Å². The lowest BCUT2D eigenvalue weighted by atomic mass is 10.0. The fourth-order valence-corrected chi connectivity index (χ4v) is 2.72. The predicted molar refractivity (Wildman–Crippen MR) is 92.2 cm³/mol. The van der Waals surface area contributed by atoms with Crippen molar-refractivity contribution in [3.63, 3.8) is 0 Å². The molecule has 22 heavy (non-hydrogen) atoms. The first-order valence-corrected chi connectivity index (χ1v) is 8.79. The summed E-state index contributed by atoms with van der Waals surface area (Å²) in [5.41, 5.74) is 6.16. The zero-order valence-corrected chi connectivity index (χ0v) is 14.0. The van der Waals surface area contributed by atoms with E-state index in [9.17, 15) is 4.79 Å². The summed E-state index contributed by atoms with van der Waals surface area (Å²) in [6.45, 7) is 2.26. The topological polar surface area (TPSA) is 52.3 Å². The number of carbonyl (C=O) groups is 1. The van der Waals surface area contributed by atoms with Gasteiger partial charge in [-0.25, -0.2) is 4.79 Å². The quantitative estimate of drug-likeness (QED) is 0.510. The molecule has 3 heteroatoms. The van der Waals surface area contributed by atoms with Crippen molar-refractivity contribution in [3.05, 3.63) is 29.8 Å². The van der Waals surface area contributed by atoms with E-state index in [1.54, 1.807) is 6.07 Å². The third-order valence-electron chi connectivity index (χ3n) is 3.98. The molecule has 0 aromatic heterocycles. The average Bonchev–Trinajstić information content (AvgIpc) is 2.50. The molecule has 0 unspecified atom stereocenters. The lowest BCUT2D eigenvalue weighted by Crippen LogP contribution is -2.17. The number of hydrogen-bond acceptors (Lipinski definition) is 2. The van der Waals surface area contributed by atoms with Gasteiger partial charge in [0.25, 0.3) is 0 Å². The van der Waals surface area contributed by atoms with E-state index in [1.165, 1.54) is 57.8 Å². The molecular formula is C19H31NO2. The summed E-state index contributed by atoms with van der Waals surface area (Å²) < 4.78 is 5.03. The van der Waals surface area contributed by atoms with Crippen LogP contribution in [0.15, 0.2) is 24.3 Å². The maximum Gasteiger partial charge on any atom is 0.409 e. The predicted octanol–water partition coefficient (Wildman–Crippen LogP) is 5.61. The van der Waals surface area contributed by atoms with Gasteiger partial charge in [-0.3, -0.25) is 0 Å². The highest BCUT2D eigenvalue weighted by Gasteiger charge is 2.05. The van der Waals surface area contributed by atoms with Gasteiger partial charge in [-0.1, -0.05) is 82.9 Å². The Kier molecular flexibility index (Phi) is 10.2. The Labute approximate surface area is 135 Å². The molecular weight excluding hydrogens is 274 g/mol. The highest BCUT2D eigenvalue weighted by molar-refractivity contribution is 5.68. The van der Waals surface area contributed by atoms with Gasteiger partial charge in [0.1, 0.15) is 5.75 Å². The molecule has 3 nitrogen and oxygen atoms in total. The summed E-state index contributed by atoms with van der Waals surface area (Å²) in [7, 11) is 0. The summed E-state index contributed by atoms with van der Waals surface area (Å²) in [6, 6.07) is 7.64. The first-order valence-electron chi connectivity index (χ1n) is 8.79. The Morgan fingerprint density at radius 3 is 2.05 bits per heavy atom. The second-order valence-corrected chi connectivity index (χ2v) is 5.96. The normalized spacial score (nSPS) is 10.6. The van der Waals surface area contributed by atoms with Crippen LogP contribution in [0.5, 0.6) is 5.75 Å². The van der Waals surface area contributed by atoms with E-state index in [0.29, 0.717) is 5.75 Å². The molecule has 1 rings (SSSR count). The number of amides is 1. The van der Waals surface area contributed by atoms with Crippen LogP contribution in [-0.2, 0) is 6.42 Å². The Hall–Kier alpha value is -1.51. The monoisotopic (exact) mass is 305 g/mol. The fraction of sp³-hybridized carbons (Fsp3) is 0.632. The van der Waals surface area contributed by atoms with Gasteiger partial charge >= 0.3 is 6.09 Å². The van der Waals surface area contributed by atoms with Crippen LogP contribution in [0.3, 0.4) is 0 Å². The van der Waals surface area contributed by atoms with Crippen LogP contribution in [0.2, 0.25) is 0 Å². The van der Waals surface area contributed by atoms with E-state index >= 15 is 0 Å². The summed E-state index contributed by atoms with van der Waals surface area (Å²) >= 11 is 0. The molecule has 0 saturated carbocycles. The second-order valence-electron chi connectivity index (χ2n) is 5.96. The molecule has 0 saturated heterocycles. The Morgan fingerprint density at radius 2 is 1.45 bits per heavy atom. The van der Waals surface area contributed by atoms with Crippen LogP contribution in [-0.4, -0.2) is 6.09 Å². The second kappa shape index (κ2) is 12.1. The highest BCUT2D eigenvalue weighted by atomic mass is 16.5. The zero-order chi connectivity index (χ0) is 16.0. The number of primary amides is 1. The van der Waals surface area contributed by atoms with E-state index in [1.807, 2.05) is 18.2 Å². The summed E-state index contributed by atoms with van der Waals surface area (Å²) in [5.74, 6) is 0.603. The molecule has 0 radical (unpaired) electrons. The lowest BCUT2D eigenvalue weighted by Gasteiger charge is -2.08. The molecule has 0 aliphatic heterocycles. The number of aryl methyl sites for hydroxylation is 1. The smallest absolute Gasteiger partial charge is 0.409 e. The van der Waals surface area contributed by atoms with E-state index in [0.717, 1.165) is 18.4 Å². The van der Waals surface area contributed by atoms with E-state index < -0.39 is 6.09 Å². The third-order valence-corrected chi connectivity index (χ3v) is 3.98. The van der Waals surface area contributed by atoms with Gasteiger partial charge in [0, 0.05) is 0 Å². The number of rotatable bonds is 12. The van der Waals surface area contributed by atoms with Gasteiger partial charge in [-0.2, -0.15) is 0 Å². The minimum atomic E-state index is -0.740. The van der Waals surface area contributed by atoms with Crippen LogP contribution in [0.25, 0.3) is 0 Å². The SMILES string of the molecule is CCCCCCCCCCCCc1ccccc1OC(N)=O. The maximum absolute atomic E-state index is 10.9. The molecule has 0 heterocycles. The molecule has 2 N–H and O–H groups in total. The molecule has 124 valence electrons. The van der Waals surface area contributed by atoms with Crippen LogP contribution in [0, 0.1) is 0 Å². The van der Waals surface area contributed by atoms with Crippen LogP contribution >= 0.6 is 0 Å². The first-order chi connectivity index (χ1) is 10.7. The Bertz CT molecular complexity index is 418. The number of ether oxygens (including phenoxy) is 1. The van der Waals surface area contributed by atoms with Crippen LogP contribution in [0.4, 0.5) is 4.79 Å². The van der Waals surface area contributed by atoms with Gasteiger partial charge < -0.3 is 10.5 Å². The van der Waals surface area contributed by atoms with Crippen molar-refractivity contribution in [3.8, 4) is 5.75 Å². The standard InChI is InChI=1S/C19H31NO2/c1-2-3-4-5-6-7-8-9-10-11-14-17-15-12-13-16-18(17)22-19(20)21/h12-13,15-16H,2-11,14H2,1H3,(H2,20,21). The average molecular weight is 305 g/mol. The molecule has 0 bridgehead atoms. The molecule has 0 aliphatic rings. The van der Waals surface area contributed by atoms with E-state index in [4.69, 9.17) is 10.5 Å². The minimum absolute atomic E-state index is 0.603. The molecule has 0 aliphatic carbocycles. The van der Waals surface area contributed by atoms with Gasteiger partial charge in [0.2, 0.25) is 0 Å². The highest BCUT2D eigenvalue weighted by Crippen LogP contribution is 2.21. The van der Waals surface area contributed by atoms with Crippen LogP contribution in [0.1, 0.15) is 76.7 Å². The number of hydrogen-bond donors (Lipinski definition) is 1. The molecule has 1 aromatic carbocycles. The fourth-order valence-electron chi connectivity index (χ4n) is 2.72. The number of benzene rings is 1. The first kappa shape index (κ1) is 18.5. The summed E-state index contributed by atoms with van der Waals surface area (Å²) in [4.78, 5) is 10.9. The van der Waals surface area contributed by atoms with Crippen LogP contribution < -0.4 is 10.5 Å². The van der Waals surface area contributed by atoms with Gasteiger partial charge in [-0.05, 0) is 24.5 Å². The molecule has 0 fully saturated rings. The molecule has 0 atom stereocenters. The van der Waals surface area contributed by atoms with Crippen molar-refractivity contribution in [1.82, 2.24) is 0 Å². The maximum atomic E-state index is 10.9. The largest absolute Gasteiger partial charge is 0.410 e. The third kappa shape index (κ3) is 8.71. The van der Waals surface area contributed by atoms with Crippen molar-refractivity contribution in [2.75, 3.05) is 0 Å². The minimum Gasteiger partial charge on any atom is -0.410 e. The van der Waals surface area contributed by atoms with Crippen molar-refractivity contribution in [1.29, 1.82) is 0 Å². The van der Waals surface area contributed by atoms with Crippen molar-refractivity contribution in [2.45, 2.75) is 77.6 Å². The summed E-state index contributed by atoms with van der Waals surface area (Å²) in [6.07, 6.45) is 13.5. The molecule has 1 amide bonds. The number of unbranched alkanes of at least 4 members (excludes halogenated alkanes) is 9. The summed E-state index contributed by atoms with van der Waals surface area (Å²) in [5, 5.41) is 0. The van der Waals surface area contributed by atoms with Crippen molar-refractivity contribution < 1.29 is 9.53 Å². The molecule has 1 aromatic rings. The van der Waals surface area contributed by atoms with E-state index in [2.05, 4.69) is 6.92 Å². The van der Waals surface area contributed by atoms with Gasteiger partial charge in [0.05, 0.1) is 0 Å². The Balaban J connectivity index is 2.08. The zero-order valence-electron chi connectivity index (χ0n) is 14.0. The van der Waals surface area contributed by atoms with Gasteiger partial charge in [-0.15, -0.1) is 0 Å².